The van der Waals surface area contributed by atoms with E-state index in [1.54, 1.807) is 9.30 Å². The van der Waals surface area contributed by atoms with Crippen LogP contribution in [0.15, 0.2) is 24.4 Å². The van der Waals surface area contributed by atoms with Gasteiger partial charge in [-0.3, -0.25) is 18.8 Å². The zero-order valence-corrected chi connectivity index (χ0v) is 16.8. The Morgan fingerprint density at radius 3 is 2.86 bits per heavy atom. The van der Waals surface area contributed by atoms with E-state index in [1.165, 1.54) is 0 Å². The molecule has 0 radical (unpaired) electrons. The number of carboxylic acid groups (broad SMARTS) is 1. The molecule has 2 aromatic rings. The molecule has 8 heteroatoms. The van der Waals surface area contributed by atoms with Gasteiger partial charge in [0.05, 0.1) is 11.6 Å². The van der Waals surface area contributed by atoms with E-state index in [0.717, 1.165) is 31.3 Å². The number of carbonyl (C=O) groups excluding carboxylic acids is 2. The number of imidazole rings is 1. The van der Waals surface area contributed by atoms with E-state index in [0.29, 0.717) is 43.9 Å². The molecular formula is C21H28N4O4. The van der Waals surface area contributed by atoms with E-state index in [4.69, 9.17) is 5.11 Å². The minimum atomic E-state index is -0.820. The molecule has 0 bridgehead atoms. The third-order valence-electron chi connectivity index (χ3n) is 5.40. The summed E-state index contributed by atoms with van der Waals surface area (Å²) in [5.41, 5.74) is 1.99. The van der Waals surface area contributed by atoms with Gasteiger partial charge in [0.2, 0.25) is 5.91 Å². The van der Waals surface area contributed by atoms with Gasteiger partial charge in [-0.25, -0.2) is 4.98 Å². The van der Waals surface area contributed by atoms with Crippen LogP contribution >= 0.6 is 0 Å². The molecule has 29 heavy (non-hydrogen) atoms. The number of unbranched alkanes of at least 4 members (excludes halogenated alkanes) is 2. The summed E-state index contributed by atoms with van der Waals surface area (Å²) in [4.78, 5) is 42.0. The fourth-order valence-electron chi connectivity index (χ4n) is 3.81. The lowest BCUT2D eigenvalue weighted by Crippen LogP contribution is -2.42. The Bertz CT molecular complexity index is 892. The molecule has 8 nitrogen and oxygen atoms in total. The van der Waals surface area contributed by atoms with Crippen molar-refractivity contribution < 1.29 is 19.5 Å². The van der Waals surface area contributed by atoms with Gasteiger partial charge in [-0.15, -0.1) is 0 Å². The quantitative estimate of drug-likeness (QED) is 0.662. The Morgan fingerprint density at radius 1 is 1.24 bits per heavy atom. The molecule has 1 unspecified atom stereocenters. The molecule has 0 spiro atoms. The highest BCUT2D eigenvalue weighted by Crippen LogP contribution is 2.18. The molecule has 1 fully saturated rings. The van der Waals surface area contributed by atoms with Gasteiger partial charge in [-0.1, -0.05) is 12.5 Å². The summed E-state index contributed by atoms with van der Waals surface area (Å²) in [6.45, 7) is 3.33. The number of aryl methyl sites for hydroxylation is 1. The van der Waals surface area contributed by atoms with Crippen molar-refractivity contribution in [1.29, 1.82) is 0 Å². The van der Waals surface area contributed by atoms with Gasteiger partial charge in [-0.05, 0) is 44.7 Å². The summed E-state index contributed by atoms with van der Waals surface area (Å²) in [6, 6.07) is 5.61. The van der Waals surface area contributed by atoms with Crippen LogP contribution in [-0.4, -0.2) is 56.8 Å². The number of carbonyl (C=O) groups is 3. The zero-order chi connectivity index (χ0) is 20.8. The van der Waals surface area contributed by atoms with Crippen molar-refractivity contribution in [2.75, 3.05) is 19.6 Å². The molecule has 156 valence electrons. The molecule has 0 aromatic carbocycles. The van der Waals surface area contributed by atoms with Crippen molar-refractivity contribution in [3.63, 3.8) is 0 Å². The number of nitrogens with one attached hydrogen (secondary N) is 1. The molecular weight excluding hydrogens is 372 g/mol. The van der Waals surface area contributed by atoms with Gasteiger partial charge in [0, 0.05) is 32.3 Å². The molecule has 1 saturated heterocycles. The van der Waals surface area contributed by atoms with Crippen molar-refractivity contribution >= 4 is 23.4 Å². The van der Waals surface area contributed by atoms with Crippen LogP contribution in [-0.2, 0) is 9.59 Å². The summed E-state index contributed by atoms with van der Waals surface area (Å²) >= 11 is 0. The Balaban J connectivity index is 1.37. The first-order chi connectivity index (χ1) is 14.0. The van der Waals surface area contributed by atoms with E-state index in [-0.39, 0.29) is 11.8 Å². The first-order valence-corrected chi connectivity index (χ1v) is 10.2. The average molecular weight is 400 g/mol. The van der Waals surface area contributed by atoms with E-state index < -0.39 is 11.9 Å². The van der Waals surface area contributed by atoms with E-state index in [2.05, 4.69) is 10.3 Å². The summed E-state index contributed by atoms with van der Waals surface area (Å²) in [5.74, 6) is -1.38. The molecule has 0 aliphatic carbocycles. The van der Waals surface area contributed by atoms with Crippen LogP contribution in [0.3, 0.4) is 0 Å². The number of hydrogen-bond acceptors (Lipinski definition) is 4. The first kappa shape index (κ1) is 20.8. The lowest BCUT2D eigenvalue weighted by atomic mass is 9.98. The highest BCUT2D eigenvalue weighted by atomic mass is 16.4. The van der Waals surface area contributed by atoms with Crippen LogP contribution in [0.2, 0.25) is 0 Å². The number of aliphatic carboxylic acids is 1. The van der Waals surface area contributed by atoms with Gasteiger partial charge >= 0.3 is 5.97 Å². The molecule has 1 atom stereocenters. The summed E-state index contributed by atoms with van der Waals surface area (Å²) in [5, 5.41) is 12.0. The van der Waals surface area contributed by atoms with Crippen molar-refractivity contribution in [2.45, 2.75) is 45.4 Å². The van der Waals surface area contributed by atoms with Crippen LogP contribution in [0, 0.1) is 12.8 Å². The van der Waals surface area contributed by atoms with Gasteiger partial charge in [-0.2, -0.15) is 0 Å². The lowest BCUT2D eigenvalue weighted by molar-refractivity contribution is -0.145. The van der Waals surface area contributed by atoms with Gasteiger partial charge in [0.25, 0.3) is 5.91 Å². The summed E-state index contributed by atoms with van der Waals surface area (Å²) in [7, 11) is 0. The van der Waals surface area contributed by atoms with E-state index in [9.17, 15) is 14.4 Å². The number of pyridine rings is 1. The van der Waals surface area contributed by atoms with Crippen LogP contribution in [0.4, 0.5) is 0 Å². The van der Waals surface area contributed by atoms with Gasteiger partial charge in [0.15, 0.2) is 0 Å². The number of likely N-dealkylation sites (tertiary alicyclic amines) is 1. The smallest absolute Gasteiger partial charge is 0.308 e. The number of rotatable bonds is 8. The highest BCUT2D eigenvalue weighted by molar-refractivity contribution is 5.94. The fraction of sp³-hybridized carbons (Fsp3) is 0.524. The number of carboxylic acids is 1. The number of fused-ring (bicyclic) bond motifs is 1. The minimum absolute atomic E-state index is 0.0290. The highest BCUT2D eigenvalue weighted by Gasteiger charge is 2.27. The average Bonchev–Trinajstić information content (AvgIpc) is 3.06. The second-order valence-corrected chi connectivity index (χ2v) is 7.56. The van der Waals surface area contributed by atoms with Crippen LogP contribution in [0.25, 0.3) is 5.65 Å². The molecule has 3 rings (SSSR count). The molecule has 0 saturated carbocycles. The lowest BCUT2D eigenvalue weighted by Gasteiger charge is -2.30. The maximum absolute atomic E-state index is 12.5. The molecule has 3 heterocycles. The second-order valence-electron chi connectivity index (χ2n) is 7.56. The Morgan fingerprint density at radius 2 is 2.07 bits per heavy atom. The van der Waals surface area contributed by atoms with Gasteiger partial charge < -0.3 is 15.3 Å². The normalized spacial score (nSPS) is 16.7. The van der Waals surface area contributed by atoms with Crippen molar-refractivity contribution in [3.8, 4) is 0 Å². The zero-order valence-electron chi connectivity index (χ0n) is 16.8. The largest absolute Gasteiger partial charge is 0.481 e. The molecule has 1 aliphatic rings. The number of piperidine rings is 1. The summed E-state index contributed by atoms with van der Waals surface area (Å²) < 4.78 is 1.78. The Labute approximate surface area is 169 Å². The Hall–Kier alpha value is -2.90. The van der Waals surface area contributed by atoms with Crippen LogP contribution in [0.5, 0.6) is 0 Å². The predicted molar refractivity (Wildman–Crippen MR) is 108 cm³/mol. The van der Waals surface area contributed by atoms with Gasteiger partial charge in [0.1, 0.15) is 11.3 Å². The van der Waals surface area contributed by atoms with E-state index >= 15 is 0 Å². The minimum Gasteiger partial charge on any atom is -0.481 e. The van der Waals surface area contributed by atoms with Crippen molar-refractivity contribution in [3.05, 3.63) is 35.8 Å². The maximum atomic E-state index is 12.5. The standard InChI is InChI=1S/C21H28N4O4/c1-15-19(25-13-6-4-9-17(25)23-15)20(27)22-11-5-2-3-10-18(26)24-12-7-8-16(14-24)21(28)29/h4,6,9,13,16H,2-3,5,7-8,10-12,14H2,1H3,(H,22,27)(H,28,29). The number of amides is 2. The third kappa shape index (κ3) is 5.13. The summed E-state index contributed by atoms with van der Waals surface area (Å²) in [6.07, 6.45) is 5.98. The third-order valence-corrected chi connectivity index (χ3v) is 5.40. The monoisotopic (exact) mass is 400 g/mol. The first-order valence-electron chi connectivity index (χ1n) is 10.2. The fourth-order valence-corrected chi connectivity index (χ4v) is 3.81. The number of aromatic nitrogens is 2. The molecule has 2 N–H and O–H groups in total. The topological polar surface area (TPSA) is 104 Å². The maximum Gasteiger partial charge on any atom is 0.308 e. The molecule has 2 aromatic heterocycles. The van der Waals surface area contributed by atoms with Crippen LogP contribution < -0.4 is 5.32 Å². The van der Waals surface area contributed by atoms with Crippen molar-refractivity contribution in [2.24, 2.45) is 5.92 Å². The SMILES string of the molecule is Cc1nc2ccccn2c1C(=O)NCCCCCC(=O)N1CCCC(C(=O)O)C1. The Kier molecular flexibility index (Phi) is 6.85. The molecule has 1 aliphatic heterocycles. The van der Waals surface area contributed by atoms with E-state index in [1.807, 2.05) is 31.3 Å². The second kappa shape index (κ2) is 9.54. The predicted octanol–water partition coefficient (Wildman–Crippen LogP) is 2.26. The number of hydrogen-bond donors (Lipinski definition) is 2. The van der Waals surface area contributed by atoms with Crippen LogP contribution in [0.1, 0.15) is 54.7 Å². The van der Waals surface area contributed by atoms with Crippen molar-refractivity contribution in [1.82, 2.24) is 19.6 Å². The molecule has 2 amide bonds. The number of nitrogens with zero attached hydrogens (tertiary/aromatic N) is 3.